The first kappa shape index (κ1) is 18.2. The largest absolute Gasteiger partial charge is 0.416 e. The molecule has 2 rings (SSSR count). The fourth-order valence-electron chi connectivity index (χ4n) is 2.63. The molecule has 0 aromatic heterocycles. The van der Waals surface area contributed by atoms with Gasteiger partial charge in [-0.2, -0.15) is 13.2 Å². The molecule has 2 atom stereocenters. The average molecular weight is 351 g/mol. The number of nitrogens with one attached hydrogen (secondary N) is 1. The van der Waals surface area contributed by atoms with E-state index < -0.39 is 27.5 Å². The molecule has 0 bridgehead atoms. The number of hydrogen-bond donors (Lipinski definition) is 1. The highest BCUT2D eigenvalue weighted by molar-refractivity contribution is 7.88. The van der Waals surface area contributed by atoms with Gasteiger partial charge in [0, 0.05) is 13.2 Å². The van der Waals surface area contributed by atoms with Crippen molar-refractivity contribution < 1.29 is 26.3 Å². The third-order valence-corrected chi connectivity index (χ3v) is 5.12. The van der Waals surface area contributed by atoms with E-state index in [0.717, 1.165) is 25.0 Å². The molecule has 0 spiro atoms. The summed E-state index contributed by atoms with van der Waals surface area (Å²) in [4.78, 5) is 0. The number of rotatable bonds is 5. The van der Waals surface area contributed by atoms with E-state index >= 15 is 0 Å². The van der Waals surface area contributed by atoms with Crippen LogP contribution in [0.5, 0.6) is 0 Å². The molecule has 1 N–H and O–H groups in total. The lowest BCUT2D eigenvalue weighted by Gasteiger charge is -2.27. The van der Waals surface area contributed by atoms with E-state index in [1.54, 1.807) is 0 Å². The van der Waals surface area contributed by atoms with Crippen molar-refractivity contribution in [2.45, 2.75) is 37.8 Å². The van der Waals surface area contributed by atoms with Gasteiger partial charge in [-0.15, -0.1) is 0 Å². The normalized spacial score (nSPS) is 23.0. The molecule has 0 saturated carbocycles. The van der Waals surface area contributed by atoms with Gasteiger partial charge in [0.15, 0.2) is 0 Å². The summed E-state index contributed by atoms with van der Waals surface area (Å²) >= 11 is 0. The summed E-state index contributed by atoms with van der Waals surface area (Å²) in [6, 6.07) is 4.39. The van der Waals surface area contributed by atoms with Crippen molar-refractivity contribution in [3.63, 3.8) is 0 Å². The predicted molar refractivity (Wildman–Crippen MR) is 80.2 cm³/mol. The Bertz CT molecular complexity index is 631. The van der Waals surface area contributed by atoms with E-state index in [1.165, 1.54) is 12.1 Å². The second kappa shape index (κ2) is 7.19. The molecule has 4 nitrogen and oxygen atoms in total. The molecule has 8 heteroatoms. The lowest BCUT2D eigenvalue weighted by atomic mass is 9.97. The number of alkyl halides is 3. The summed E-state index contributed by atoms with van der Waals surface area (Å²) in [5, 5.41) is 0. The van der Waals surface area contributed by atoms with Gasteiger partial charge in [-0.25, -0.2) is 13.1 Å². The van der Waals surface area contributed by atoms with Crippen LogP contribution >= 0.6 is 0 Å². The molecule has 1 aromatic rings. The minimum Gasteiger partial charge on any atom is -0.378 e. The van der Waals surface area contributed by atoms with Crippen molar-refractivity contribution in [1.29, 1.82) is 0 Å². The van der Waals surface area contributed by atoms with Crippen LogP contribution in [0.15, 0.2) is 24.3 Å². The molecule has 1 fully saturated rings. The Labute approximate surface area is 134 Å². The van der Waals surface area contributed by atoms with Crippen LogP contribution in [0, 0.1) is 5.92 Å². The topological polar surface area (TPSA) is 55.4 Å². The van der Waals surface area contributed by atoms with Crippen molar-refractivity contribution in [2.75, 3.05) is 13.2 Å². The van der Waals surface area contributed by atoms with Crippen molar-refractivity contribution in [2.24, 2.45) is 5.92 Å². The van der Waals surface area contributed by atoms with Gasteiger partial charge in [0.25, 0.3) is 0 Å². The van der Waals surface area contributed by atoms with E-state index in [4.69, 9.17) is 4.74 Å². The molecule has 23 heavy (non-hydrogen) atoms. The Morgan fingerprint density at radius 1 is 1.35 bits per heavy atom. The van der Waals surface area contributed by atoms with E-state index in [1.807, 2.05) is 6.92 Å². The molecule has 130 valence electrons. The van der Waals surface area contributed by atoms with Crippen LogP contribution in [-0.4, -0.2) is 27.7 Å². The third kappa shape index (κ3) is 5.78. The molecular formula is C15H20F3NO3S. The van der Waals surface area contributed by atoms with Crippen molar-refractivity contribution in [3.05, 3.63) is 35.4 Å². The zero-order valence-electron chi connectivity index (χ0n) is 12.8. The second-order valence-corrected chi connectivity index (χ2v) is 7.68. The zero-order chi connectivity index (χ0) is 17.1. The molecule has 0 radical (unpaired) electrons. The third-order valence-electron chi connectivity index (χ3n) is 3.80. The molecule has 1 heterocycles. The Hall–Kier alpha value is -1.12. The average Bonchev–Trinajstić information content (AvgIpc) is 2.44. The van der Waals surface area contributed by atoms with E-state index in [0.29, 0.717) is 6.61 Å². The van der Waals surface area contributed by atoms with Crippen LogP contribution in [0.4, 0.5) is 13.2 Å². The van der Waals surface area contributed by atoms with Crippen LogP contribution in [0.1, 0.15) is 30.9 Å². The standard InChI is InChI=1S/C15H20F3NO3S/c1-11-7-12(5-6-22-11)9-19-23(20,21)10-13-3-2-4-14(8-13)15(16,17)18/h2-4,8,11-12,19H,5-7,9-10H2,1H3/t11-,12-/m0/s1. The van der Waals surface area contributed by atoms with Crippen LogP contribution in [0.3, 0.4) is 0 Å². The first-order chi connectivity index (χ1) is 10.7. The highest BCUT2D eigenvalue weighted by Gasteiger charge is 2.30. The fourth-order valence-corrected chi connectivity index (χ4v) is 3.84. The molecule has 0 unspecified atom stereocenters. The molecule has 0 amide bonds. The SMILES string of the molecule is C[C@H]1C[C@@H](CNS(=O)(=O)Cc2cccc(C(F)(F)F)c2)CCO1. The van der Waals surface area contributed by atoms with Gasteiger partial charge in [0.1, 0.15) is 0 Å². The first-order valence-electron chi connectivity index (χ1n) is 7.41. The Morgan fingerprint density at radius 2 is 2.09 bits per heavy atom. The molecule has 0 aliphatic carbocycles. The van der Waals surface area contributed by atoms with Crippen molar-refractivity contribution in [1.82, 2.24) is 4.72 Å². The van der Waals surface area contributed by atoms with Gasteiger partial charge in [-0.05, 0) is 37.3 Å². The number of benzene rings is 1. The van der Waals surface area contributed by atoms with Gasteiger partial charge >= 0.3 is 6.18 Å². The number of halogens is 3. The van der Waals surface area contributed by atoms with Crippen molar-refractivity contribution >= 4 is 10.0 Å². The van der Waals surface area contributed by atoms with Gasteiger partial charge in [0.05, 0.1) is 17.4 Å². The van der Waals surface area contributed by atoms with Gasteiger partial charge in [-0.1, -0.05) is 18.2 Å². The quantitative estimate of drug-likeness (QED) is 0.887. The molecule has 1 saturated heterocycles. The van der Waals surface area contributed by atoms with Gasteiger partial charge in [-0.3, -0.25) is 0 Å². The lowest BCUT2D eigenvalue weighted by Crippen LogP contribution is -2.34. The van der Waals surface area contributed by atoms with Gasteiger partial charge in [0.2, 0.25) is 10.0 Å². The highest BCUT2D eigenvalue weighted by atomic mass is 32.2. The van der Waals surface area contributed by atoms with Crippen molar-refractivity contribution in [3.8, 4) is 0 Å². The van der Waals surface area contributed by atoms with E-state index in [2.05, 4.69) is 4.72 Å². The van der Waals surface area contributed by atoms with Crippen LogP contribution in [0.25, 0.3) is 0 Å². The van der Waals surface area contributed by atoms with Crippen LogP contribution in [0.2, 0.25) is 0 Å². The fraction of sp³-hybridized carbons (Fsp3) is 0.600. The minimum atomic E-state index is -4.48. The Kier molecular flexibility index (Phi) is 5.70. The highest BCUT2D eigenvalue weighted by Crippen LogP contribution is 2.29. The van der Waals surface area contributed by atoms with Gasteiger partial charge < -0.3 is 4.74 Å². The molecule has 1 aromatic carbocycles. The maximum atomic E-state index is 12.7. The molecule has 1 aliphatic rings. The molecular weight excluding hydrogens is 331 g/mol. The summed E-state index contributed by atoms with van der Waals surface area (Å²) in [7, 11) is -3.67. The number of ether oxygens (including phenoxy) is 1. The smallest absolute Gasteiger partial charge is 0.378 e. The summed E-state index contributed by atoms with van der Waals surface area (Å²) in [6.07, 6.45) is -2.84. The minimum absolute atomic E-state index is 0.0988. The summed E-state index contributed by atoms with van der Waals surface area (Å²) < 4.78 is 70.0. The van der Waals surface area contributed by atoms with E-state index in [9.17, 15) is 21.6 Å². The summed E-state index contributed by atoms with van der Waals surface area (Å²) in [6.45, 7) is 2.82. The van der Waals surface area contributed by atoms with E-state index in [-0.39, 0.29) is 24.1 Å². The maximum Gasteiger partial charge on any atom is 0.416 e. The number of hydrogen-bond acceptors (Lipinski definition) is 3. The summed E-state index contributed by atoms with van der Waals surface area (Å²) in [5.41, 5.74) is -0.726. The van der Waals surface area contributed by atoms with Crippen LogP contribution < -0.4 is 4.72 Å². The predicted octanol–water partition coefficient (Wildman–Crippen LogP) is 2.94. The first-order valence-corrected chi connectivity index (χ1v) is 9.06. The lowest BCUT2D eigenvalue weighted by molar-refractivity contribution is -0.137. The Balaban J connectivity index is 1.95. The molecule has 1 aliphatic heterocycles. The Morgan fingerprint density at radius 3 is 2.74 bits per heavy atom. The number of sulfonamides is 1. The zero-order valence-corrected chi connectivity index (χ0v) is 13.6. The monoisotopic (exact) mass is 351 g/mol. The maximum absolute atomic E-state index is 12.7. The second-order valence-electron chi connectivity index (χ2n) is 5.88. The van der Waals surface area contributed by atoms with Crippen LogP contribution in [-0.2, 0) is 26.7 Å². The summed E-state index contributed by atoms with van der Waals surface area (Å²) in [5.74, 6) is -0.273.